The van der Waals surface area contributed by atoms with Gasteiger partial charge in [-0.2, -0.15) is 0 Å². The highest BCUT2D eigenvalue weighted by molar-refractivity contribution is 7.99. The first-order valence-electron chi connectivity index (χ1n) is 8.33. The average Bonchev–Trinajstić information content (AvgIpc) is 2.86. The van der Waals surface area contributed by atoms with Crippen LogP contribution in [0.3, 0.4) is 0 Å². The SMILES string of the molecule is Cc1ccc(SCCC(=O)N(C)C2CC3CCC(C2)N3)cc1.Cl. The number of nitrogens with zero attached hydrogens (tertiary/aromatic N) is 1. The van der Waals surface area contributed by atoms with Crippen LogP contribution in [0, 0.1) is 6.92 Å². The summed E-state index contributed by atoms with van der Waals surface area (Å²) in [5.41, 5.74) is 1.28. The van der Waals surface area contributed by atoms with Crippen LogP contribution >= 0.6 is 24.2 Å². The van der Waals surface area contributed by atoms with Crippen LogP contribution in [-0.2, 0) is 4.79 Å². The van der Waals surface area contributed by atoms with Gasteiger partial charge in [0.15, 0.2) is 0 Å². The van der Waals surface area contributed by atoms with Crippen LogP contribution in [0.4, 0.5) is 0 Å². The number of halogens is 1. The lowest BCUT2D eigenvalue weighted by atomic mass is 9.98. The van der Waals surface area contributed by atoms with Gasteiger partial charge in [-0.05, 0) is 44.7 Å². The first-order valence-corrected chi connectivity index (χ1v) is 9.31. The molecule has 2 aliphatic heterocycles. The van der Waals surface area contributed by atoms with E-state index in [0.29, 0.717) is 30.5 Å². The first kappa shape index (κ1) is 18.6. The smallest absolute Gasteiger partial charge is 0.223 e. The maximum absolute atomic E-state index is 12.4. The third-order valence-corrected chi connectivity index (χ3v) is 6.01. The Balaban J connectivity index is 0.00000192. The number of thioether (sulfide) groups is 1. The van der Waals surface area contributed by atoms with Gasteiger partial charge in [0, 0.05) is 42.2 Å². The monoisotopic (exact) mass is 354 g/mol. The van der Waals surface area contributed by atoms with Crippen molar-refractivity contribution in [1.82, 2.24) is 10.2 Å². The van der Waals surface area contributed by atoms with Crippen molar-refractivity contribution in [2.45, 2.75) is 62.0 Å². The molecule has 3 nitrogen and oxygen atoms in total. The first-order chi connectivity index (χ1) is 10.6. The van der Waals surface area contributed by atoms with Crippen LogP contribution in [0.25, 0.3) is 0 Å². The number of hydrogen-bond acceptors (Lipinski definition) is 3. The molecule has 2 aliphatic rings. The Hall–Kier alpha value is -0.710. The minimum atomic E-state index is 0. The predicted molar refractivity (Wildman–Crippen MR) is 99.5 cm³/mol. The van der Waals surface area contributed by atoms with Gasteiger partial charge in [-0.1, -0.05) is 17.7 Å². The summed E-state index contributed by atoms with van der Waals surface area (Å²) in [6.07, 6.45) is 5.46. The minimum absolute atomic E-state index is 0. The van der Waals surface area contributed by atoms with Gasteiger partial charge in [-0.3, -0.25) is 4.79 Å². The van der Waals surface area contributed by atoms with E-state index >= 15 is 0 Å². The van der Waals surface area contributed by atoms with Crippen molar-refractivity contribution in [3.8, 4) is 0 Å². The topological polar surface area (TPSA) is 32.3 Å². The van der Waals surface area contributed by atoms with E-state index in [1.54, 1.807) is 11.8 Å². The molecule has 2 unspecified atom stereocenters. The number of carbonyl (C=O) groups excluding carboxylic acids is 1. The molecular formula is C18H27ClN2OS. The summed E-state index contributed by atoms with van der Waals surface area (Å²) in [7, 11) is 1.99. The summed E-state index contributed by atoms with van der Waals surface area (Å²) in [6.45, 7) is 2.10. The number of amides is 1. The second-order valence-electron chi connectivity index (χ2n) is 6.68. The molecule has 1 aromatic rings. The van der Waals surface area contributed by atoms with Gasteiger partial charge >= 0.3 is 0 Å². The number of benzene rings is 1. The summed E-state index contributed by atoms with van der Waals surface area (Å²) in [5.74, 6) is 1.16. The molecule has 23 heavy (non-hydrogen) atoms. The maximum atomic E-state index is 12.4. The molecule has 0 aromatic heterocycles. The highest BCUT2D eigenvalue weighted by Crippen LogP contribution is 2.29. The predicted octanol–water partition coefficient (Wildman–Crippen LogP) is 3.64. The van der Waals surface area contributed by atoms with Crippen molar-refractivity contribution in [3.05, 3.63) is 29.8 Å². The number of aryl methyl sites for hydroxylation is 1. The fourth-order valence-corrected chi connectivity index (χ4v) is 4.46. The zero-order valence-electron chi connectivity index (χ0n) is 14.0. The normalized spacial score (nSPS) is 25.7. The molecule has 128 valence electrons. The van der Waals surface area contributed by atoms with Gasteiger partial charge in [-0.15, -0.1) is 24.2 Å². The lowest BCUT2D eigenvalue weighted by molar-refractivity contribution is -0.132. The van der Waals surface area contributed by atoms with Crippen molar-refractivity contribution in [2.75, 3.05) is 12.8 Å². The molecule has 2 bridgehead atoms. The molecule has 1 amide bonds. The van der Waals surface area contributed by atoms with E-state index in [9.17, 15) is 4.79 Å². The van der Waals surface area contributed by atoms with E-state index in [4.69, 9.17) is 0 Å². The molecule has 2 fully saturated rings. The van der Waals surface area contributed by atoms with E-state index in [2.05, 4.69) is 36.5 Å². The summed E-state index contributed by atoms with van der Waals surface area (Å²) in [5, 5.41) is 3.64. The van der Waals surface area contributed by atoms with E-state index < -0.39 is 0 Å². The van der Waals surface area contributed by atoms with Gasteiger partial charge in [-0.25, -0.2) is 0 Å². The van der Waals surface area contributed by atoms with Crippen LogP contribution in [0.15, 0.2) is 29.2 Å². The standard InChI is InChI=1S/C18H26N2OS.ClH/c1-13-3-7-17(8-4-13)22-10-9-18(21)20(2)16-11-14-5-6-15(12-16)19-14;/h3-4,7-8,14-16,19H,5-6,9-12H2,1-2H3;1H. The largest absolute Gasteiger partial charge is 0.343 e. The van der Waals surface area contributed by atoms with Crippen molar-refractivity contribution < 1.29 is 4.79 Å². The molecular weight excluding hydrogens is 328 g/mol. The molecule has 1 N–H and O–H groups in total. The Morgan fingerprint density at radius 3 is 2.43 bits per heavy atom. The molecule has 0 spiro atoms. The third kappa shape index (κ3) is 4.88. The molecule has 2 atom stereocenters. The Bertz CT molecular complexity index is 510. The quantitative estimate of drug-likeness (QED) is 0.819. The molecule has 2 saturated heterocycles. The molecule has 0 saturated carbocycles. The molecule has 3 rings (SSSR count). The number of fused-ring (bicyclic) bond motifs is 2. The Morgan fingerprint density at radius 2 is 1.83 bits per heavy atom. The highest BCUT2D eigenvalue weighted by atomic mass is 35.5. The van der Waals surface area contributed by atoms with Gasteiger partial charge in [0.05, 0.1) is 0 Å². The Morgan fingerprint density at radius 1 is 1.22 bits per heavy atom. The van der Waals surface area contributed by atoms with Crippen LogP contribution in [0.1, 0.15) is 37.7 Å². The lowest BCUT2D eigenvalue weighted by Crippen LogP contribution is -2.48. The summed E-state index contributed by atoms with van der Waals surface area (Å²) in [4.78, 5) is 15.7. The fraction of sp³-hybridized carbons (Fsp3) is 0.611. The summed E-state index contributed by atoms with van der Waals surface area (Å²) < 4.78 is 0. The van der Waals surface area contributed by atoms with Crippen molar-refractivity contribution in [2.24, 2.45) is 0 Å². The summed E-state index contributed by atoms with van der Waals surface area (Å²) in [6, 6.07) is 10.2. The zero-order chi connectivity index (χ0) is 15.5. The van der Waals surface area contributed by atoms with Crippen molar-refractivity contribution in [3.63, 3.8) is 0 Å². The number of rotatable bonds is 5. The zero-order valence-corrected chi connectivity index (χ0v) is 15.6. The van der Waals surface area contributed by atoms with Crippen molar-refractivity contribution in [1.29, 1.82) is 0 Å². The van der Waals surface area contributed by atoms with Gasteiger partial charge in [0.1, 0.15) is 0 Å². The van der Waals surface area contributed by atoms with E-state index in [1.807, 2.05) is 11.9 Å². The molecule has 1 aromatic carbocycles. The van der Waals surface area contributed by atoms with Gasteiger partial charge in [0.25, 0.3) is 0 Å². The lowest BCUT2D eigenvalue weighted by Gasteiger charge is -2.35. The van der Waals surface area contributed by atoms with Gasteiger partial charge in [0.2, 0.25) is 5.91 Å². The minimum Gasteiger partial charge on any atom is -0.343 e. The summed E-state index contributed by atoms with van der Waals surface area (Å²) >= 11 is 1.78. The van der Waals surface area contributed by atoms with Crippen LogP contribution < -0.4 is 5.32 Å². The number of hydrogen-bond donors (Lipinski definition) is 1. The van der Waals surface area contributed by atoms with E-state index in [1.165, 1.54) is 23.3 Å². The molecule has 0 aliphatic carbocycles. The van der Waals surface area contributed by atoms with E-state index in [-0.39, 0.29) is 12.4 Å². The molecule has 0 radical (unpaired) electrons. The fourth-order valence-electron chi connectivity index (χ4n) is 3.61. The Kier molecular flexibility index (Phi) is 6.81. The highest BCUT2D eigenvalue weighted by Gasteiger charge is 2.36. The second-order valence-corrected chi connectivity index (χ2v) is 7.85. The van der Waals surface area contributed by atoms with Crippen LogP contribution in [0.5, 0.6) is 0 Å². The maximum Gasteiger partial charge on any atom is 0.223 e. The van der Waals surface area contributed by atoms with Crippen LogP contribution in [0.2, 0.25) is 0 Å². The molecule has 2 heterocycles. The Labute approximate surface area is 150 Å². The number of nitrogens with one attached hydrogen (secondary N) is 1. The number of piperidine rings is 1. The second kappa shape index (κ2) is 8.41. The van der Waals surface area contributed by atoms with E-state index in [0.717, 1.165) is 18.6 Å². The van der Waals surface area contributed by atoms with Crippen molar-refractivity contribution >= 4 is 30.1 Å². The number of carbonyl (C=O) groups is 1. The molecule has 5 heteroatoms. The van der Waals surface area contributed by atoms with Crippen LogP contribution in [-0.4, -0.2) is 41.7 Å². The third-order valence-electron chi connectivity index (χ3n) is 4.99. The van der Waals surface area contributed by atoms with Gasteiger partial charge < -0.3 is 10.2 Å². The average molecular weight is 355 g/mol.